The lowest BCUT2D eigenvalue weighted by molar-refractivity contribution is -0.136. The molecule has 45 nitrogen and oxygen atoms in total. The summed E-state index contributed by atoms with van der Waals surface area (Å²) in [5.74, 6) is -10.3. The number of carbonyl (C=O) groups is 11. The normalized spacial score (nSPS) is 13.1. The van der Waals surface area contributed by atoms with Crippen LogP contribution in [0.1, 0.15) is 178 Å². The summed E-state index contributed by atoms with van der Waals surface area (Å²) in [6, 6.07) is 5.32. The summed E-state index contributed by atoms with van der Waals surface area (Å²) < 4.78 is 5.64. The van der Waals surface area contributed by atoms with Gasteiger partial charge in [0.15, 0.2) is 41.7 Å². The molecule has 0 unspecified atom stereocenters. The van der Waals surface area contributed by atoms with Crippen LogP contribution in [0.5, 0.6) is 0 Å². The number of ether oxygens (including phenoxy) is 1. The zero-order valence-electron chi connectivity index (χ0n) is 68.4. The third kappa shape index (κ3) is 43.5. The Bertz CT molecular complexity index is 3660. The van der Waals surface area contributed by atoms with Gasteiger partial charge in [-0.25, -0.2) is 4.79 Å². The van der Waals surface area contributed by atoms with E-state index in [-0.39, 0.29) is 198 Å². The molecule has 8 atom stereocenters. The molecule has 120 heavy (non-hydrogen) atoms. The average Bonchev–Trinajstić information content (AvgIpc) is 1.62. The molecule has 0 saturated heterocycles. The van der Waals surface area contributed by atoms with Crippen LogP contribution in [-0.2, 0) is 52.7 Å². The Morgan fingerprint density at radius 3 is 0.842 bits per heavy atom. The SMILES string of the molecule is N=C(N)NCCC[C@@H](NC(=O)CCCCCNC(=O)OCC1c2ccccc2-c2ccccc21)C(=O)NCCCCCC(=O)N[C@H](CCCNC(=N)N)C(=O)N[C@H](CCCNC(=N)N)C(=O)N[C@H](CCCNC(=N)N)C(=O)N[C@H](CCCNC(=N)N)C(=O)N[C@H](CCCNC(=N)N)C(=O)N[C@H](CCCNC(=N)N)C(=O)N[C@H](CCCCN)C(N)=O. The minimum absolute atomic E-state index is 0.00660. The number of carbonyl (C=O) groups excluding carboxylic acids is 11. The number of alkyl carbamates (subject to hydrolysis) is 1. The summed E-state index contributed by atoms with van der Waals surface area (Å²) in [7, 11) is 0. The second-order valence-electron chi connectivity index (χ2n) is 28.8. The van der Waals surface area contributed by atoms with Crippen molar-refractivity contribution in [3.63, 3.8) is 0 Å². The highest BCUT2D eigenvalue weighted by molar-refractivity contribution is 5.98. The molecule has 11 amide bonds. The van der Waals surface area contributed by atoms with Crippen molar-refractivity contribution in [1.82, 2.24) is 90.4 Å². The van der Waals surface area contributed by atoms with E-state index in [0.29, 0.717) is 64.5 Å². The Morgan fingerprint density at radius 1 is 0.292 bits per heavy atom. The van der Waals surface area contributed by atoms with Crippen molar-refractivity contribution in [2.45, 2.75) is 215 Å². The van der Waals surface area contributed by atoms with E-state index in [2.05, 4.69) is 103 Å². The predicted octanol–water partition coefficient (Wildman–Crippen LogP) is -4.90. The number of nitrogens with two attached hydrogens (primary N) is 9. The third-order valence-electron chi connectivity index (χ3n) is 19.0. The molecule has 0 heterocycles. The van der Waals surface area contributed by atoms with Crippen molar-refractivity contribution in [1.29, 1.82) is 37.9 Å². The summed E-state index contributed by atoms with van der Waals surface area (Å²) in [5, 5.41) is 99.2. The fourth-order valence-corrected chi connectivity index (χ4v) is 12.9. The van der Waals surface area contributed by atoms with Gasteiger partial charge in [0.2, 0.25) is 59.1 Å². The molecule has 1 aliphatic carbocycles. The summed E-state index contributed by atoms with van der Waals surface area (Å²) in [6.45, 7) is 1.51. The van der Waals surface area contributed by atoms with E-state index in [0.717, 1.165) is 22.3 Å². The molecule has 0 fully saturated rings. The fourth-order valence-electron chi connectivity index (χ4n) is 12.9. The van der Waals surface area contributed by atoms with E-state index in [1.165, 1.54) is 0 Å². The first-order valence-corrected chi connectivity index (χ1v) is 40.6. The number of fused-ring (bicyclic) bond motifs is 3. The minimum atomic E-state index is -1.53. The van der Waals surface area contributed by atoms with Crippen LogP contribution in [0.4, 0.5) is 4.79 Å². The molecule has 2 aromatic carbocycles. The molecule has 2 aromatic rings. The molecule has 45 heteroatoms. The Hall–Kier alpha value is -12.7. The Kier molecular flexibility index (Phi) is 49.2. The summed E-state index contributed by atoms with van der Waals surface area (Å²) >= 11 is 0. The van der Waals surface area contributed by atoms with E-state index in [9.17, 15) is 52.7 Å². The van der Waals surface area contributed by atoms with E-state index in [1.807, 2.05) is 36.4 Å². The highest BCUT2D eigenvalue weighted by atomic mass is 16.5. The van der Waals surface area contributed by atoms with Crippen molar-refractivity contribution < 1.29 is 57.5 Å². The van der Waals surface area contributed by atoms with Gasteiger partial charge in [-0.05, 0) is 164 Å². The molecule has 0 aliphatic heterocycles. The molecule has 0 saturated carbocycles. The van der Waals surface area contributed by atoms with Crippen LogP contribution < -0.4 is 142 Å². The van der Waals surface area contributed by atoms with Crippen molar-refractivity contribution in [3.05, 3.63) is 59.7 Å². The molecule has 3 rings (SSSR count). The van der Waals surface area contributed by atoms with Gasteiger partial charge >= 0.3 is 6.09 Å². The quantitative estimate of drug-likeness (QED) is 0.0168. The highest BCUT2D eigenvalue weighted by Gasteiger charge is 2.36. The number of rotatable bonds is 62. The van der Waals surface area contributed by atoms with Crippen LogP contribution in [0.2, 0.25) is 0 Å². The number of hydrogen-bond donors (Lipinski definition) is 33. The zero-order chi connectivity index (χ0) is 88.7. The van der Waals surface area contributed by atoms with Gasteiger partial charge in [-0.3, -0.25) is 85.8 Å². The van der Waals surface area contributed by atoms with Gasteiger partial charge < -0.3 is 147 Å². The number of primary amides is 1. The smallest absolute Gasteiger partial charge is 0.407 e. The Balaban J connectivity index is 1.79. The standard InChI is InChI=1S/C75H131N33O12/c76-34-10-9-24-50(60(77)111)103-63(114)53(27-15-39-95-70(82)83)105-65(116)55(29-17-41-97-72(86)87)107-67(118)57(31-19-43-99-74(90)91)108-66(117)56(30-18-42-98-73(88)89)106-64(115)54(28-16-40-96-71(84)85)104-62(113)52(26-14-38-94-69(80)81)102-59(110)33-3-1-11-35-92-61(112)51(25-13-37-93-68(78)79)101-58(109)32-4-2-12-36-100-75(119)120-44-49-47-22-7-5-20-45(47)46-21-6-8-23-48(46)49/h5-8,20-23,49-57H,1-4,9-19,24-44,76H2,(H2,77,111)(H,92,112)(H,100,119)(H,101,109)(H,102,110)(H,103,114)(H,104,113)(H,105,116)(H,106,115)(H,107,118)(H,108,117)(H4,78,79,93)(H4,80,81,94)(H4,82,83,95)(H4,84,85,96)(H4,86,87,97)(H4,88,89,98)(H4,90,91,99)/t50-,51-,52-,53-,54-,55-,56-,57-/m1/s1. The minimum Gasteiger partial charge on any atom is -0.449 e. The number of hydrogen-bond acceptors (Lipinski definition) is 20. The predicted molar refractivity (Wildman–Crippen MR) is 455 cm³/mol. The van der Waals surface area contributed by atoms with Crippen LogP contribution in [0.25, 0.3) is 11.1 Å². The molecule has 0 aromatic heterocycles. The molecule has 0 bridgehead atoms. The van der Waals surface area contributed by atoms with Gasteiger partial charge in [0.1, 0.15) is 54.9 Å². The summed E-state index contributed by atoms with van der Waals surface area (Å²) in [6.07, 6.45) is 3.66. The van der Waals surface area contributed by atoms with E-state index >= 15 is 0 Å². The van der Waals surface area contributed by atoms with Gasteiger partial charge in [-0.1, -0.05) is 61.4 Å². The summed E-state index contributed by atoms with van der Waals surface area (Å²) in [5.41, 5.74) is 54.5. The first kappa shape index (κ1) is 101. The van der Waals surface area contributed by atoms with Crippen LogP contribution in [0.15, 0.2) is 48.5 Å². The van der Waals surface area contributed by atoms with Crippen LogP contribution >= 0.6 is 0 Å². The zero-order valence-corrected chi connectivity index (χ0v) is 68.4. The molecule has 668 valence electrons. The van der Waals surface area contributed by atoms with Gasteiger partial charge in [0.05, 0.1) is 0 Å². The first-order chi connectivity index (χ1) is 57.3. The molecular formula is C75H131N33O12. The maximum atomic E-state index is 14.8. The molecule has 42 N–H and O–H groups in total. The number of amides is 11. The second-order valence-corrected chi connectivity index (χ2v) is 28.8. The van der Waals surface area contributed by atoms with Crippen LogP contribution in [0, 0.1) is 37.9 Å². The largest absolute Gasteiger partial charge is 0.449 e. The molecule has 1 aliphatic rings. The second kappa shape index (κ2) is 58.2. The highest BCUT2D eigenvalue weighted by Crippen LogP contribution is 2.44. The van der Waals surface area contributed by atoms with E-state index in [1.54, 1.807) is 0 Å². The van der Waals surface area contributed by atoms with Crippen LogP contribution in [0.3, 0.4) is 0 Å². The topological polar surface area (TPSA) is 803 Å². The molecule has 0 radical (unpaired) electrons. The molecular weight excluding hydrogens is 1560 g/mol. The van der Waals surface area contributed by atoms with Gasteiger partial charge in [0, 0.05) is 77.7 Å². The van der Waals surface area contributed by atoms with Crippen molar-refractivity contribution in [2.75, 3.05) is 72.1 Å². The van der Waals surface area contributed by atoms with Gasteiger partial charge in [-0.15, -0.1) is 0 Å². The number of guanidine groups is 7. The maximum absolute atomic E-state index is 14.8. The first-order valence-electron chi connectivity index (χ1n) is 40.6. The Morgan fingerprint density at radius 2 is 0.550 bits per heavy atom. The lowest BCUT2D eigenvalue weighted by Gasteiger charge is -2.28. The number of nitrogens with one attached hydrogen (secondary N) is 24. The van der Waals surface area contributed by atoms with Crippen molar-refractivity contribution >= 4 is 107 Å². The Labute approximate surface area is 699 Å². The number of benzene rings is 2. The lowest BCUT2D eigenvalue weighted by Crippen LogP contribution is -2.60. The summed E-state index contributed by atoms with van der Waals surface area (Å²) in [4.78, 5) is 153. The number of unbranched alkanes of at least 4 members (excludes halogenated alkanes) is 5. The average molecular weight is 1690 g/mol. The van der Waals surface area contributed by atoms with E-state index < -0.39 is 131 Å². The van der Waals surface area contributed by atoms with E-state index in [4.69, 9.17) is 94.2 Å². The van der Waals surface area contributed by atoms with Crippen molar-refractivity contribution in [2.24, 2.45) is 51.6 Å². The monoisotopic (exact) mass is 1690 g/mol. The third-order valence-corrected chi connectivity index (χ3v) is 19.0. The fraction of sp³-hybridized carbons (Fsp3) is 0.600. The van der Waals surface area contributed by atoms with Gasteiger partial charge in [0.25, 0.3) is 0 Å². The maximum Gasteiger partial charge on any atom is 0.407 e. The van der Waals surface area contributed by atoms with Gasteiger partial charge in [-0.2, -0.15) is 0 Å². The van der Waals surface area contributed by atoms with Crippen LogP contribution in [-0.4, -0.2) is 227 Å². The molecule has 0 spiro atoms. The van der Waals surface area contributed by atoms with Crippen molar-refractivity contribution in [3.8, 4) is 11.1 Å². The lowest BCUT2D eigenvalue weighted by atomic mass is 9.98.